The van der Waals surface area contributed by atoms with Gasteiger partial charge in [-0.2, -0.15) is 0 Å². The summed E-state index contributed by atoms with van der Waals surface area (Å²) >= 11 is 0. The Bertz CT molecular complexity index is 1320. The third-order valence-corrected chi connectivity index (χ3v) is 5.91. The average molecular weight is 476 g/mol. The van der Waals surface area contributed by atoms with E-state index >= 15 is 0 Å². The van der Waals surface area contributed by atoms with E-state index in [4.69, 9.17) is 18.9 Å². The van der Waals surface area contributed by atoms with Gasteiger partial charge in [0.05, 0.1) is 28.4 Å². The number of aromatic nitrogens is 1. The van der Waals surface area contributed by atoms with Crippen LogP contribution in [0.3, 0.4) is 0 Å². The Morgan fingerprint density at radius 3 is 2.20 bits per heavy atom. The van der Waals surface area contributed by atoms with Gasteiger partial charge in [-0.05, 0) is 41.5 Å². The summed E-state index contributed by atoms with van der Waals surface area (Å²) in [4.78, 5) is 16.1. The van der Waals surface area contributed by atoms with E-state index in [0.717, 1.165) is 22.0 Å². The summed E-state index contributed by atoms with van der Waals surface area (Å²) in [5.74, 6) is 2.26. The van der Waals surface area contributed by atoms with Crippen molar-refractivity contribution in [2.75, 3.05) is 40.3 Å². The minimum atomic E-state index is -0.331. The Balaban J connectivity index is 1.59. The molecule has 4 rings (SSSR count). The van der Waals surface area contributed by atoms with Gasteiger partial charge >= 0.3 is 6.03 Å². The number of fused-ring (bicyclic) bond motifs is 1. The Kier molecular flexibility index (Phi) is 7.30. The molecule has 0 spiro atoms. The van der Waals surface area contributed by atoms with Crippen LogP contribution < -0.4 is 29.6 Å². The molecule has 1 atom stereocenters. The Hall–Kier alpha value is -4.33. The lowest BCUT2D eigenvalue weighted by molar-refractivity contribution is 0.252. The average Bonchev–Trinajstić information content (AvgIpc) is 3.32. The molecule has 182 valence electrons. The molecule has 0 saturated heterocycles. The van der Waals surface area contributed by atoms with Crippen LogP contribution in [0.1, 0.15) is 17.0 Å². The molecule has 0 aliphatic rings. The third kappa shape index (κ3) is 5.11. The van der Waals surface area contributed by atoms with Gasteiger partial charge < -0.3 is 34.6 Å². The molecule has 0 unspecified atom stereocenters. The van der Waals surface area contributed by atoms with E-state index in [9.17, 15) is 4.79 Å². The highest BCUT2D eigenvalue weighted by Gasteiger charge is 2.21. The van der Waals surface area contributed by atoms with E-state index in [1.54, 1.807) is 46.6 Å². The number of amides is 2. The quantitative estimate of drug-likeness (QED) is 0.311. The predicted octanol–water partition coefficient (Wildman–Crippen LogP) is 5.16. The van der Waals surface area contributed by atoms with Crippen molar-refractivity contribution in [3.63, 3.8) is 0 Å². The predicted molar refractivity (Wildman–Crippen MR) is 136 cm³/mol. The maximum Gasteiger partial charge on any atom is 0.319 e. The standard InChI is InChI=1S/C27H29N3O5/c1-32-23-11-9-17(13-25(23)34-3)20(21-16-28-22-8-6-5-7-19(21)22)15-29-27(31)30-18-10-12-24(33-2)26(14-18)35-4/h5-14,16,20,28H,15H2,1-4H3,(H2,29,30,31)/t20-/m0/s1. The lowest BCUT2D eigenvalue weighted by Gasteiger charge is -2.20. The fourth-order valence-corrected chi connectivity index (χ4v) is 4.14. The number of methoxy groups -OCH3 is 4. The SMILES string of the molecule is COc1ccc(NC(=O)NC[C@@H](c2ccc(OC)c(OC)c2)c2c[nH]c3ccccc23)cc1OC. The van der Waals surface area contributed by atoms with Gasteiger partial charge in [-0.15, -0.1) is 0 Å². The maximum atomic E-state index is 12.8. The van der Waals surface area contributed by atoms with E-state index in [-0.39, 0.29) is 11.9 Å². The lowest BCUT2D eigenvalue weighted by atomic mass is 9.90. The molecule has 4 aromatic rings. The highest BCUT2D eigenvalue weighted by atomic mass is 16.5. The number of aromatic amines is 1. The van der Waals surface area contributed by atoms with Gasteiger partial charge in [0, 0.05) is 41.3 Å². The Labute approximate surface area is 204 Å². The molecule has 0 fully saturated rings. The van der Waals surface area contributed by atoms with Gasteiger partial charge in [0.2, 0.25) is 0 Å². The first-order chi connectivity index (χ1) is 17.1. The monoisotopic (exact) mass is 475 g/mol. The zero-order valence-corrected chi connectivity index (χ0v) is 20.2. The largest absolute Gasteiger partial charge is 0.493 e. The number of anilines is 1. The molecule has 0 bridgehead atoms. The van der Waals surface area contributed by atoms with Crippen molar-refractivity contribution >= 4 is 22.6 Å². The number of benzene rings is 3. The van der Waals surface area contributed by atoms with Crippen LogP contribution >= 0.6 is 0 Å². The van der Waals surface area contributed by atoms with Crippen LogP contribution in [0.4, 0.5) is 10.5 Å². The minimum absolute atomic E-state index is 0.137. The number of carbonyl (C=O) groups excluding carboxylic acids is 1. The van der Waals surface area contributed by atoms with Gasteiger partial charge in [0.25, 0.3) is 0 Å². The van der Waals surface area contributed by atoms with Crippen molar-refractivity contribution in [2.45, 2.75) is 5.92 Å². The number of para-hydroxylation sites is 1. The molecule has 3 N–H and O–H groups in total. The molecule has 1 heterocycles. The molecule has 0 aliphatic heterocycles. The second kappa shape index (κ2) is 10.7. The van der Waals surface area contributed by atoms with Crippen LogP contribution in [-0.2, 0) is 0 Å². The molecule has 0 saturated carbocycles. The van der Waals surface area contributed by atoms with Crippen molar-refractivity contribution in [1.82, 2.24) is 10.3 Å². The van der Waals surface area contributed by atoms with Crippen molar-refractivity contribution in [3.05, 3.63) is 78.0 Å². The second-order valence-electron chi connectivity index (χ2n) is 7.86. The number of urea groups is 1. The molecule has 2 amide bonds. The number of hydrogen-bond acceptors (Lipinski definition) is 5. The zero-order chi connectivity index (χ0) is 24.8. The summed E-state index contributed by atoms with van der Waals surface area (Å²) in [5.41, 5.74) is 3.68. The molecule has 8 nitrogen and oxygen atoms in total. The van der Waals surface area contributed by atoms with Gasteiger partial charge in [-0.1, -0.05) is 24.3 Å². The second-order valence-corrected chi connectivity index (χ2v) is 7.86. The fourth-order valence-electron chi connectivity index (χ4n) is 4.14. The van der Waals surface area contributed by atoms with Crippen LogP contribution in [0.5, 0.6) is 23.0 Å². The molecule has 35 heavy (non-hydrogen) atoms. The van der Waals surface area contributed by atoms with Crippen LogP contribution in [0.25, 0.3) is 10.9 Å². The topological polar surface area (TPSA) is 93.8 Å². The summed E-state index contributed by atoms with van der Waals surface area (Å²) in [6, 6.07) is 18.8. The normalized spacial score (nSPS) is 11.5. The Morgan fingerprint density at radius 2 is 1.49 bits per heavy atom. The Morgan fingerprint density at radius 1 is 0.829 bits per heavy atom. The van der Waals surface area contributed by atoms with Gasteiger partial charge in [0.1, 0.15) is 0 Å². The molecule has 0 aliphatic carbocycles. The van der Waals surface area contributed by atoms with E-state index in [1.165, 1.54) is 0 Å². The summed E-state index contributed by atoms with van der Waals surface area (Å²) in [6.45, 7) is 0.358. The molecular formula is C27H29N3O5. The highest BCUT2D eigenvalue weighted by Crippen LogP contribution is 2.36. The number of carbonyl (C=O) groups is 1. The molecular weight excluding hydrogens is 446 g/mol. The first-order valence-electron chi connectivity index (χ1n) is 11.1. The van der Waals surface area contributed by atoms with E-state index in [1.807, 2.05) is 42.6 Å². The molecule has 0 radical (unpaired) electrons. The molecule has 8 heteroatoms. The first kappa shape index (κ1) is 23.8. The smallest absolute Gasteiger partial charge is 0.319 e. The van der Waals surface area contributed by atoms with Crippen LogP contribution in [-0.4, -0.2) is 46.0 Å². The molecule has 3 aromatic carbocycles. The molecule has 1 aromatic heterocycles. The first-order valence-corrected chi connectivity index (χ1v) is 11.1. The van der Waals surface area contributed by atoms with E-state index in [2.05, 4.69) is 21.7 Å². The lowest BCUT2D eigenvalue weighted by Crippen LogP contribution is -2.32. The number of hydrogen-bond donors (Lipinski definition) is 3. The van der Waals surface area contributed by atoms with Crippen LogP contribution in [0.15, 0.2) is 66.9 Å². The number of ether oxygens (including phenoxy) is 4. The number of rotatable bonds is 9. The third-order valence-electron chi connectivity index (χ3n) is 5.91. The fraction of sp³-hybridized carbons (Fsp3) is 0.222. The number of nitrogens with one attached hydrogen (secondary N) is 3. The van der Waals surface area contributed by atoms with Gasteiger partial charge in [-0.3, -0.25) is 0 Å². The summed E-state index contributed by atoms with van der Waals surface area (Å²) in [7, 11) is 6.33. The van der Waals surface area contributed by atoms with Crippen LogP contribution in [0.2, 0.25) is 0 Å². The van der Waals surface area contributed by atoms with Gasteiger partial charge in [0.15, 0.2) is 23.0 Å². The van der Waals surface area contributed by atoms with Crippen molar-refractivity contribution < 1.29 is 23.7 Å². The van der Waals surface area contributed by atoms with Crippen LogP contribution in [0, 0.1) is 0 Å². The van der Waals surface area contributed by atoms with Crippen molar-refractivity contribution in [3.8, 4) is 23.0 Å². The van der Waals surface area contributed by atoms with Gasteiger partial charge in [-0.25, -0.2) is 4.79 Å². The zero-order valence-electron chi connectivity index (χ0n) is 20.2. The summed E-state index contributed by atoms with van der Waals surface area (Å²) in [6.07, 6.45) is 1.99. The summed E-state index contributed by atoms with van der Waals surface area (Å²) < 4.78 is 21.5. The van der Waals surface area contributed by atoms with E-state index < -0.39 is 0 Å². The minimum Gasteiger partial charge on any atom is -0.493 e. The maximum absolute atomic E-state index is 12.8. The van der Waals surface area contributed by atoms with E-state index in [0.29, 0.717) is 35.2 Å². The van der Waals surface area contributed by atoms with Crippen molar-refractivity contribution in [1.29, 1.82) is 0 Å². The number of H-pyrrole nitrogens is 1. The highest BCUT2D eigenvalue weighted by molar-refractivity contribution is 5.90. The van der Waals surface area contributed by atoms with Crippen molar-refractivity contribution in [2.24, 2.45) is 0 Å². The summed E-state index contributed by atoms with van der Waals surface area (Å²) in [5, 5.41) is 6.96.